The van der Waals surface area contributed by atoms with E-state index in [0.717, 1.165) is 12.0 Å². The Hall–Kier alpha value is -2.87. The summed E-state index contributed by atoms with van der Waals surface area (Å²) < 4.78 is 13.3. The van der Waals surface area contributed by atoms with Gasteiger partial charge in [0.1, 0.15) is 5.82 Å². The lowest BCUT2D eigenvalue weighted by Gasteiger charge is -2.37. The summed E-state index contributed by atoms with van der Waals surface area (Å²) in [6, 6.07) is 24.4. The maximum Gasteiger partial charge on any atom is 0.123 e. The maximum atomic E-state index is 13.3. The Morgan fingerprint density at radius 2 is 1.65 bits per heavy atom. The van der Waals surface area contributed by atoms with E-state index in [1.165, 1.54) is 22.4 Å². The second-order valence-corrected chi connectivity index (χ2v) is 7.20. The summed E-state index contributed by atoms with van der Waals surface area (Å²) in [6.45, 7) is 0. The summed E-state index contributed by atoms with van der Waals surface area (Å²) >= 11 is 0. The molecule has 0 radical (unpaired) electrons. The smallest absolute Gasteiger partial charge is 0.123 e. The first kappa shape index (κ1) is 15.4. The van der Waals surface area contributed by atoms with Gasteiger partial charge in [-0.15, -0.1) is 0 Å². The van der Waals surface area contributed by atoms with Crippen LogP contribution in [0.2, 0.25) is 0 Å². The quantitative estimate of drug-likeness (QED) is 0.538. The number of hydrogen-bond donors (Lipinski definition) is 1. The Labute approximate surface area is 153 Å². The van der Waals surface area contributed by atoms with Crippen LogP contribution >= 0.6 is 0 Å². The SMILES string of the molecule is Fc1ccc([C@@H]2Nc3ccc(-c4ccccc4)cc3[C@@H]3C=CC[C@@H]32)cc1. The third-order valence-corrected chi connectivity index (χ3v) is 5.70. The molecule has 0 fully saturated rings. The number of allylic oxidation sites excluding steroid dienone is 2. The minimum Gasteiger partial charge on any atom is -0.378 e. The van der Waals surface area contributed by atoms with Crippen molar-refractivity contribution in [3.8, 4) is 11.1 Å². The molecule has 0 unspecified atom stereocenters. The third-order valence-electron chi connectivity index (χ3n) is 5.70. The monoisotopic (exact) mass is 341 g/mol. The molecule has 0 bridgehead atoms. The van der Waals surface area contributed by atoms with Gasteiger partial charge in [0.25, 0.3) is 0 Å². The van der Waals surface area contributed by atoms with Crippen LogP contribution < -0.4 is 5.32 Å². The van der Waals surface area contributed by atoms with E-state index in [4.69, 9.17) is 0 Å². The van der Waals surface area contributed by atoms with Crippen LogP contribution in [-0.2, 0) is 0 Å². The van der Waals surface area contributed by atoms with Gasteiger partial charge in [0.15, 0.2) is 0 Å². The van der Waals surface area contributed by atoms with Crippen LogP contribution in [-0.4, -0.2) is 0 Å². The van der Waals surface area contributed by atoms with Gasteiger partial charge in [-0.2, -0.15) is 0 Å². The molecule has 3 aromatic carbocycles. The Bertz CT molecular complexity index is 959. The predicted molar refractivity (Wildman–Crippen MR) is 105 cm³/mol. The van der Waals surface area contributed by atoms with E-state index in [2.05, 4.69) is 59.9 Å². The van der Waals surface area contributed by atoms with Gasteiger partial charge in [-0.05, 0) is 58.9 Å². The Balaban J connectivity index is 1.56. The van der Waals surface area contributed by atoms with Crippen LogP contribution in [0.5, 0.6) is 0 Å². The molecule has 2 heteroatoms. The lowest BCUT2D eigenvalue weighted by Crippen LogP contribution is -2.29. The molecule has 26 heavy (non-hydrogen) atoms. The minimum atomic E-state index is -0.182. The first-order valence-corrected chi connectivity index (χ1v) is 9.17. The molecule has 1 aliphatic carbocycles. The highest BCUT2D eigenvalue weighted by Crippen LogP contribution is 2.50. The average molecular weight is 341 g/mol. The third kappa shape index (κ3) is 2.53. The van der Waals surface area contributed by atoms with Crippen LogP contribution in [0.15, 0.2) is 84.9 Å². The van der Waals surface area contributed by atoms with Gasteiger partial charge >= 0.3 is 0 Å². The first-order chi connectivity index (χ1) is 12.8. The molecule has 0 saturated carbocycles. The average Bonchev–Trinajstić information content (AvgIpc) is 3.19. The van der Waals surface area contributed by atoms with Gasteiger partial charge in [0.05, 0.1) is 6.04 Å². The fourth-order valence-corrected chi connectivity index (χ4v) is 4.40. The number of fused-ring (bicyclic) bond motifs is 3. The normalized spacial score (nSPS) is 23.2. The van der Waals surface area contributed by atoms with Crippen molar-refractivity contribution in [3.63, 3.8) is 0 Å². The zero-order valence-electron chi connectivity index (χ0n) is 14.4. The summed E-state index contributed by atoms with van der Waals surface area (Å²) in [5.74, 6) is 0.697. The zero-order chi connectivity index (χ0) is 17.5. The van der Waals surface area contributed by atoms with Crippen molar-refractivity contribution in [2.45, 2.75) is 18.4 Å². The first-order valence-electron chi connectivity index (χ1n) is 9.17. The van der Waals surface area contributed by atoms with Crippen molar-refractivity contribution in [2.75, 3.05) is 5.32 Å². The fraction of sp³-hybridized carbons (Fsp3) is 0.167. The maximum absolute atomic E-state index is 13.3. The van der Waals surface area contributed by atoms with E-state index in [1.807, 2.05) is 18.2 Å². The molecule has 0 saturated heterocycles. The molecule has 1 aliphatic heterocycles. The van der Waals surface area contributed by atoms with Gasteiger partial charge in [-0.1, -0.05) is 60.7 Å². The van der Waals surface area contributed by atoms with Crippen molar-refractivity contribution in [1.29, 1.82) is 0 Å². The van der Waals surface area contributed by atoms with Crippen LogP contribution in [0.3, 0.4) is 0 Å². The summed E-state index contributed by atoms with van der Waals surface area (Å²) in [7, 11) is 0. The number of rotatable bonds is 2. The van der Waals surface area contributed by atoms with E-state index >= 15 is 0 Å². The number of benzene rings is 3. The Kier molecular flexibility index (Phi) is 3.63. The second-order valence-electron chi connectivity index (χ2n) is 7.20. The Morgan fingerprint density at radius 1 is 0.846 bits per heavy atom. The van der Waals surface area contributed by atoms with Gasteiger partial charge < -0.3 is 5.32 Å². The highest BCUT2D eigenvalue weighted by Gasteiger charge is 2.37. The standard InChI is InChI=1S/C24H20FN/c25-19-12-9-17(10-13-19)24-21-8-4-7-20(21)22-15-18(11-14-23(22)26-24)16-5-2-1-3-6-16/h1-7,9-15,20-21,24,26H,8H2/t20-,21+,24+/m1/s1. The number of halogens is 1. The van der Waals surface area contributed by atoms with E-state index in [-0.39, 0.29) is 11.9 Å². The number of nitrogens with one attached hydrogen (secondary N) is 1. The molecule has 1 N–H and O–H groups in total. The largest absolute Gasteiger partial charge is 0.378 e. The van der Waals surface area contributed by atoms with Crippen molar-refractivity contribution in [1.82, 2.24) is 0 Å². The fourth-order valence-electron chi connectivity index (χ4n) is 4.40. The van der Waals surface area contributed by atoms with Gasteiger partial charge in [-0.25, -0.2) is 4.39 Å². The summed E-state index contributed by atoms with van der Waals surface area (Å²) in [5, 5.41) is 3.72. The van der Waals surface area contributed by atoms with E-state index in [1.54, 1.807) is 12.1 Å². The lowest BCUT2D eigenvalue weighted by atomic mass is 9.76. The molecular weight excluding hydrogens is 321 g/mol. The molecule has 0 aromatic heterocycles. The second kappa shape index (κ2) is 6.14. The number of anilines is 1. The zero-order valence-corrected chi connectivity index (χ0v) is 14.4. The molecular formula is C24H20FN. The van der Waals surface area contributed by atoms with Crippen LogP contribution in [0, 0.1) is 11.7 Å². The van der Waals surface area contributed by atoms with Crippen molar-refractivity contribution < 1.29 is 4.39 Å². The van der Waals surface area contributed by atoms with E-state index < -0.39 is 0 Å². The molecule has 0 amide bonds. The molecule has 128 valence electrons. The van der Waals surface area contributed by atoms with Crippen molar-refractivity contribution in [3.05, 3.63) is 102 Å². The van der Waals surface area contributed by atoms with Crippen LogP contribution in [0.4, 0.5) is 10.1 Å². The molecule has 1 heterocycles. The topological polar surface area (TPSA) is 12.0 Å². The molecule has 3 atom stereocenters. The highest BCUT2D eigenvalue weighted by atomic mass is 19.1. The van der Waals surface area contributed by atoms with Gasteiger partial charge in [-0.3, -0.25) is 0 Å². The Morgan fingerprint density at radius 3 is 2.46 bits per heavy atom. The molecule has 3 aromatic rings. The molecule has 0 spiro atoms. The summed E-state index contributed by atoms with van der Waals surface area (Å²) in [6.07, 6.45) is 5.68. The predicted octanol–water partition coefficient (Wildman–Crippen LogP) is 6.32. The summed E-state index contributed by atoms with van der Waals surface area (Å²) in [4.78, 5) is 0. The van der Waals surface area contributed by atoms with Crippen LogP contribution in [0.25, 0.3) is 11.1 Å². The van der Waals surface area contributed by atoms with E-state index in [0.29, 0.717) is 11.8 Å². The number of hydrogen-bond acceptors (Lipinski definition) is 1. The van der Waals surface area contributed by atoms with E-state index in [9.17, 15) is 4.39 Å². The highest BCUT2D eigenvalue weighted by molar-refractivity contribution is 5.71. The van der Waals surface area contributed by atoms with Crippen molar-refractivity contribution in [2.24, 2.45) is 5.92 Å². The van der Waals surface area contributed by atoms with Gasteiger partial charge in [0, 0.05) is 11.6 Å². The molecule has 5 rings (SSSR count). The van der Waals surface area contributed by atoms with Crippen LogP contribution in [0.1, 0.15) is 29.5 Å². The summed E-state index contributed by atoms with van der Waals surface area (Å²) in [5.41, 5.74) is 6.21. The molecule has 1 nitrogen and oxygen atoms in total. The van der Waals surface area contributed by atoms with Gasteiger partial charge in [0.2, 0.25) is 0 Å². The molecule has 2 aliphatic rings. The van der Waals surface area contributed by atoms with Crippen molar-refractivity contribution >= 4 is 5.69 Å². The lowest BCUT2D eigenvalue weighted by molar-refractivity contribution is 0.425. The minimum absolute atomic E-state index is 0.182.